The Kier molecular flexibility index (Phi) is 2.46. The van der Waals surface area contributed by atoms with Gasteiger partial charge in [0, 0.05) is 0 Å². The smallest absolute Gasteiger partial charge is 0.293 e. The van der Waals surface area contributed by atoms with Gasteiger partial charge in [-0.2, -0.15) is 0 Å². The van der Waals surface area contributed by atoms with Gasteiger partial charge in [0.25, 0.3) is 5.56 Å². The molecule has 2 heterocycles. The first kappa shape index (κ1) is 9.78. The van der Waals surface area contributed by atoms with E-state index in [9.17, 15) is 9.90 Å². The highest BCUT2D eigenvalue weighted by Gasteiger charge is 2.13. The van der Waals surface area contributed by atoms with Crippen LogP contribution >= 0.6 is 11.3 Å². The summed E-state index contributed by atoms with van der Waals surface area (Å²) in [6, 6.07) is 0. The third-order valence-electron chi connectivity index (χ3n) is 1.80. The molecule has 0 aromatic carbocycles. The van der Waals surface area contributed by atoms with Crippen LogP contribution in [0.3, 0.4) is 0 Å². The van der Waals surface area contributed by atoms with E-state index >= 15 is 0 Å². The summed E-state index contributed by atoms with van der Waals surface area (Å²) in [5.41, 5.74) is -0.399. The van der Waals surface area contributed by atoms with Gasteiger partial charge in [0.05, 0.1) is 6.33 Å². The van der Waals surface area contributed by atoms with Crippen molar-refractivity contribution in [3.05, 3.63) is 21.7 Å². The molecular formula is C8H8N4O2S. The topological polar surface area (TPSA) is 91.8 Å². The molecule has 0 saturated carbocycles. The van der Waals surface area contributed by atoms with Crippen molar-refractivity contribution in [2.45, 2.75) is 13.3 Å². The molecule has 0 radical (unpaired) electrons. The predicted octanol–water partition coefficient (Wildman–Crippen LogP) is 0.556. The van der Waals surface area contributed by atoms with Gasteiger partial charge in [0.15, 0.2) is 10.7 Å². The Labute approximate surface area is 88.7 Å². The fraction of sp³-hybridized carbons (Fsp3) is 0.250. The van der Waals surface area contributed by atoms with Gasteiger partial charge in [-0.15, -0.1) is 10.2 Å². The molecule has 0 spiro atoms. The van der Waals surface area contributed by atoms with Crippen LogP contribution in [-0.4, -0.2) is 25.3 Å². The first-order valence-corrected chi connectivity index (χ1v) is 5.13. The second kappa shape index (κ2) is 3.77. The summed E-state index contributed by atoms with van der Waals surface area (Å²) >= 11 is 1.31. The van der Waals surface area contributed by atoms with E-state index in [2.05, 4.69) is 20.2 Å². The second-order valence-corrected chi connectivity index (χ2v) is 3.85. The molecule has 2 aromatic rings. The number of hydrogen-bond acceptors (Lipinski definition) is 6. The van der Waals surface area contributed by atoms with Crippen LogP contribution in [0.2, 0.25) is 0 Å². The number of aromatic nitrogens is 4. The fourth-order valence-electron chi connectivity index (χ4n) is 1.04. The molecule has 0 bridgehead atoms. The van der Waals surface area contributed by atoms with E-state index in [1.807, 2.05) is 6.92 Å². The molecule has 0 atom stereocenters. The minimum Gasteiger partial charge on any atom is -0.501 e. The minimum absolute atomic E-state index is 0.177. The maximum absolute atomic E-state index is 11.1. The van der Waals surface area contributed by atoms with Gasteiger partial charge in [0.2, 0.25) is 5.75 Å². The van der Waals surface area contributed by atoms with Crippen molar-refractivity contribution in [3.63, 3.8) is 0 Å². The number of aryl methyl sites for hydroxylation is 1. The van der Waals surface area contributed by atoms with Gasteiger partial charge < -0.3 is 10.1 Å². The van der Waals surface area contributed by atoms with Crippen LogP contribution in [0.1, 0.15) is 11.9 Å². The number of nitrogens with zero attached hydrogens (tertiary/aromatic N) is 3. The molecule has 0 saturated heterocycles. The highest BCUT2D eigenvalue weighted by atomic mass is 32.1. The first-order valence-electron chi connectivity index (χ1n) is 4.31. The molecule has 2 N–H and O–H groups in total. The highest BCUT2D eigenvalue weighted by molar-refractivity contribution is 7.14. The maximum atomic E-state index is 11.1. The first-order chi connectivity index (χ1) is 7.22. The lowest BCUT2D eigenvalue weighted by Gasteiger charge is -1.95. The second-order valence-electron chi connectivity index (χ2n) is 2.78. The van der Waals surface area contributed by atoms with Crippen molar-refractivity contribution in [1.29, 1.82) is 0 Å². The maximum Gasteiger partial charge on any atom is 0.293 e. The molecule has 0 amide bonds. The molecule has 0 aliphatic heterocycles. The van der Waals surface area contributed by atoms with Crippen molar-refractivity contribution in [2.75, 3.05) is 0 Å². The zero-order chi connectivity index (χ0) is 10.8. The number of rotatable bonds is 2. The van der Waals surface area contributed by atoms with Crippen molar-refractivity contribution < 1.29 is 5.11 Å². The third kappa shape index (κ3) is 1.73. The summed E-state index contributed by atoms with van der Waals surface area (Å²) in [5, 5.41) is 18.5. The Hall–Kier alpha value is -1.76. The van der Waals surface area contributed by atoms with Gasteiger partial charge in [-0.1, -0.05) is 18.3 Å². The highest BCUT2D eigenvalue weighted by Crippen LogP contribution is 2.25. The van der Waals surface area contributed by atoms with Crippen LogP contribution < -0.4 is 5.56 Å². The quantitative estimate of drug-likeness (QED) is 0.777. The van der Waals surface area contributed by atoms with E-state index in [1.54, 1.807) is 0 Å². The monoisotopic (exact) mass is 224 g/mol. The lowest BCUT2D eigenvalue weighted by atomic mass is 10.4. The van der Waals surface area contributed by atoms with Crippen molar-refractivity contribution >= 4 is 11.3 Å². The lowest BCUT2D eigenvalue weighted by molar-refractivity contribution is 0.465. The third-order valence-corrected chi connectivity index (χ3v) is 2.87. The van der Waals surface area contributed by atoms with E-state index in [1.165, 1.54) is 17.7 Å². The standard InChI is InChI=1S/C8H8N4O2S/c1-2-4-11-12-8(15-4)5-6(13)7(14)10-3-9-5/h3,13H,2H2,1H3,(H,9,10,14). The molecule has 0 unspecified atom stereocenters. The number of aromatic amines is 1. The van der Waals surface area contributed by atoms with Crippen LogP contribution in [0.4, 0.5) is 0 Å². The number of nitrogens with one attached hydrogen (secondary N) is 1. The molecule has 0 fully saturated rings. The Morgan fingerprint density at radius 1 is 1.53 bits per heavy atom. The van der Waals surface area contributed by atoms with Gasteiger partial charge in [0.1, 0.15) is 5.01 Å². The SMILES string of the molecule is CCc1nnc(-c2nc[nH]c(=O)c2O)s1. The van der Waals surface area contributed by atoms with Crippen LogP contribution in [0.5, 0.6) is 5.75 Å². The normalized spacial score (nSPS) is 10.5. The van der Waals surface area contributed by atoms with Gasteiger partial charge in [-0.3, -0.25) is 4.79 Å². The number of H-pyrrole nitrogens is 1. The Morgan fingerprint density at radius 2 is 2.33 bits per heavy atom. The molecule has 6 nitrogen and oxygen atoms in total. The summed E-state index contributed by atoms with van der Waals surface area (Å²) in [6.07, 6.45) is 1.99. The average molecular weight is 224 g/mol. The van der Waals surface area contributed by atoms with Crippen LogP contribution in [-0.2, 0) is 6.42 Å². The average Bonchev–Trinajstić information content (AvgIpc) is 2.70. The Bertz CT molecular complexity index is 533. The summed E-state index contributed by atoms with van der Waals surface area (Å²) in [7, 11) is 0. The molecule has 0 aliphatic carbocycles. The molecular weight excluding hydrogens is 216 g/mol. The van der Waals surface area contributed by atoms with E-state index < -0.39 is 11.3 Å². The zero-order valence-corrected chi connectivity index (χ0v) is 8.71. The van der Waals surface area contributed by atoms with Gasteiger partial charge >= 0.3 is 0 Å². The van der Waals surface area contributed by atoms with Crippen LogP contribution in [0.25, 0.3) is 10.7 Å². The van der Waals surface area contributed by atoms with Crippen LogP contribution in [0, 0.1) is 0 Å². The molecule has 15 heavy (non-hydrogen) atoms. The largest absolute Gasteiger partial charge is 0.501 e. The lowest BCUT2D eigenvalue weighted by Crippen LogP contribution is -2.06. The van der Waals surface area contributed by atoms with Gasteiger partial charge in [-0.25, -0.2) is 4.98 Å². The number of aromatic hydroxyl groups is 1. The summed E-state index contributed by atoms with van der Waals surface area (Å²) < 4.78 is 0. The molecule has 2 rings (SSSR count). The molecule has 2 aromatic heterocycles. The van der Waals surface area contributed by atoms with Crippen LogP contribution in [0.15, 0.2) is 11.1 Å². The zero-order valence-electron chi connectivity index (χ0n) is 7.89. The van der Waals surface area contributed by atoms with E-state index in [0.717, 1.165) is 11.4 Å². The summed E-state index contributed by atoms with van der Waals surface area (Å²) in [4.78, 5) is 17.2. The van der Waals surface area contributed by atoms with E-state index in [-0.39, 0.29) is 5.69 Å². The summed E-state index contributed by atoms with van der Waals surface area (Å²) in [5.74, 6) is -0.420. The van der Waals surface area contributed by atoms with E-state index in [4.69, 9.17) is 0 Å². The summed E-state index contributed by atoms with van der Waals surface area (Å²) in [6.45, 7) is 1.95. The molecule has 7 heteroatoms. The van der Waals surface area contributed by atoms with E-state index in [0.29, 0.717) is 5.01 Å². The minimum atomic E-state index is -0.576. The van der Waals surface area contributed by atoms with Crippen molar-refractivity contribution in [1.82, 2.24) is 20.2 Å². The predicted molar refractivity (Wildman–Crippen MR) is 54.8 cm³/mol. The Balaban J connectivity index is 2.54. The fourth-order valence-corrected chi connectivity index (χ4v) is 1.82. The molecule has 0 aliphatic rings. The van der Waals surface area contributed by atoms with Crippen molar-refractivity contribution in [3.8, 4) is 16.5 Å². The molecule has 78 valence electrons. The van der Waals surface area contributed by atoms with Crippen molar-refractivity contribution in [2.24, 2.45) is 0 Å². The van der Waals surface area contributed by atoms with Gasteiger partial charge in [-0.05, 0) is 6.42 Å². The number of hydrogen-bond donors (Lipinski definition) is 2. The Morgan fingerprint density at radius 3 is 3.00 bits per heavy atom.